The van der Waals surface area contributed by atoms with Gasteiger partial charge in [0.2, 0.25) is 0 Å². The second-order valence-electron chi connectivity index (χ2n) is 4.14. The molecule has 0 saturated carbocycles. The minimum absolute atomic E-state index is 0.210. The Hall–Kier alpha value is -1.59. The van der Waals surface area contributed by atoms with Crippen LogP contribution >= 0.6 is 11.3 Å². The minimum Gasteiger partial charge on any atom is -0.368 e. The molecule has 0 spiro atoms. The summed E-state index contributed by atoms with van der Waals surface area (Å²) in [5, 5.41) is 13.4. The van der Waals surface area contributed by atoms with Gasteiger partial charge in [-0.3, -0.25) is 4.79 Å². The summed E-state index contributed by atoms with van der Waals surface area (Å²) in [7, 11) is 0. The molecule has 3 heterocycles. The maximum Gasteiger partial charge on any atom is 0.256 e. The van der Waals surface area contributed by atoms with Crippen LogP contribution in [0.25, 0.3) is 5.00 Å². The molecule has 1 amide bonds. The molecule has 5 heteroatoms. The number of rotatable bonds is 0. The lowest BCUT2D eigenvalue weighted by Gasteiger charge is -2.10. The summed E-state index contributed by atoms with van der Waals surface area (Å²) in [6, 6.07) is 3.68. The molecule has 1 unspecified atom stereocenters. The van der Waals surface area contributed by atoms with Gasteiger partial charge in [0, 0.05) is 11.1 Å². The highest BCUT2D eigenvalue weighted by Crippen LogP contribution is 2.34. The molecule has 0 fully saturated rings. The van der Waals surface area contributed by atoms with Crippen molar-refractivity contribution in [2.75, 3.05) is 0 Å². The molecule has 2 N–H and O–H groups in total. The van der Waals surface area contributed by atoms with Crippen LogP contribution < -0.4 is 5.32 Å². The van der Waals surface area contributed by atoms with Crippen LogP contribution in [0.3, 0.4) is 0 Å². The Bertz CT molecular complexity index is 612. The molecular formula is C12H12N2O2S. The average Bonchev–Trinajstić information content (AvgIpc) is 2.82. The third kappa shape index (κ3) is 1.36. The number of aliphatic hydroxyl groups excluding tert-OH is 1. The van der Waals surface area contributed by atoms with E-state index in [4.69, 9.17) is 0 Å². The van der Waals surface area contributed by atoms with E-state index < -0.39 is 6.23 Å². The number of thiophene rings is 1. The first-order valence-electron chi connectivity index (χ1n) is 5.36. The molecule has 0 bridgehead atoms. The van der Waals surface area contributed by atoms with E-state index in [1.807, 2.05) is 36.7 Å². The monoisotopic (exact) mass is 248 g/mol. The zero-order chi connectivity index (χ0) is 12.2. The molecule has 3 rings (SSSR count). The van der Waals surface area contributed by atoms with E-state index in [2.05, 4.69) is 5.32 Å². The average molecular weight is 248 g/mol. The van der Waals surface area contributed by atoms with Gasteiger partial charge in [-0.15, -0.1) is 11.3 Å². The normalized spacial score (nSPS) is 18.3. The summed E-state index contributed by atoms with van der Waals surface area (Å²) in [6.07, 6.45) is 0.921. The molecule has 88 valence electrons. The molecule has 17 heavy (non-hydrogen) atoms. The van der Waals surface area contributed by atoms with Crippen molar-refractivity contribution in [1.82, 2.24) is 9.88 Å². The van der Waals surface area contributed by atoms with E-state index in [1.54, 1.807) is 11.3 Å². The molecule has 1 atom stereocenters. The van der Waals surface area contributed by atoms with Gasteiger partial charge >= 0.3 is 0 Å². The quantitative estimate of drug-likeness (QED) is 0.748. The number of carbonyl (C=O) groups excluding carboxylic acids is 1. The van der Waals surface area contributed by atoms with Crippen LogP contribution in [0.15, 0.2) is 18.3 Å². The largest absolute Gasteiger partial charge is 0.368 e. The van der Waals surface area contributed by atoms with Crippen molar-refractivity contribution in [3.8, 4) is 5.00 Å². The summed E-state index contributed by atoms with van der Waals surface area (Å²) in [5.74, 6) is -0.210. The summed E-state index contributed by atoms with van der Waals surface area (Å²) >= 11 is 1.57. The predicted molar refractivity (Wildman–Crippen MR) is 65.5 cm³/mol. The number of hydrogen-bond donors (Lipinski definition) is 2. The Balaban J connectivity index is 2.35. The maximum absolute atomic E-state index is 12.0. The Morgan fingerprint density at radius 1 is 1.47 bits per heavy atom. The van der Waals surface area contributed by atoms with Crippen LogP contribution in [0.4, 0.5) is 0 Å². The number of amides is 1. The number of aliphatic hydroxyl groups is 1. The molecule has 1 aliphatic heterocycles. The van der Waals surface area contributed by atoms with Crippen molar-refractivity contribution >= 4 is 17.2 Å². The Morgan fingerprint density at radius 3 is 3.00 bits per heavy atom. The first kappa shape index (κ1) is 10.6. The lowest BCUT2D eigenvalue weighted by Crippen LogP contribution is -2.27. The van der Waals surface area contributed by atoms with Gasteiger partial charge < -0.3 is 15.0 Å². The van der Waals surface area contributed by atoms with E-state index in [9.17, 15) is 9.90 Å². The Labute approximate surface area is 103 Å². The first-order valence-corrected chi connectivity index (χ1v) is 6.18. The van der Waals surface area contributed by atoms with Crippen LogP contribution in [-0.4, -0.2) is 15.6 Å². The molecular weight excluding hydrogens is 236 g/mol. The topological polar surface area (TPSA) is 54.3 Å². The van der Waals surface area contributed by atoms with Crippen molar-refractivity contribution in [2.45, 2.75) is 20.1 Å². The number of hydrogen-bond acceptors (Lipinski definition) is 3. The fourth-order valence-corrected chi connectivity index (χ4v) is 3.28. The van der Waals surface area contributed by atoms with Crippen LogP contribution in [-0.2, 0) is 0 Å². The fraction of sp³-hybridized carbons (Fsp3) is 0.250. The van der Waals surface area contributed by atoms with Gasteiger partial charge in [-0.05, 0) is 31.5 Å². The van der Waals surface area contributed by atoms with E-state index in [0.717, 1.165) is 15.4 Å². The van der Waals surface area contributed by atoms with Gasteiger partial charge in [0.15, 0.2) is 6.23 Å². The van der Waals surface area contributed by atoms with Crippen molar-refractivity contribution in [1.29, 1.82) is 0 Å². The highest BCUT2D eigenvalue weighted by molar-refractivity contribution is 7.15. The second kappa shape index (κ2) is 3.45. The van der Waals surface area contributed by atoms with Crippen molar-refractivity contribution in [3.05, 3.63) is 40.0 Å². The minimum atomic E-state index is -0.947. The number of nitrogens with zero attached hydrogens (tertiary/aromatic N) is 1. The zero-order valence-electron chi connectivity index (χ0n) is 9.52. The van der Waals surface area contributed by atoms with Gasteiger partial charge in [0.05, 0.1) is 11.3 Å². The molecule has 0 radical (unpaired) electrons. The predicted octanol–water partition coefficient (Wildman–Crippen LogP) is 1.89. The Kier molecular flexibility index (Phi) is 2.14. The fourth-order valence-electron chi connectivity index (χ4n) is 2.12. The highest BCUT2D eigenvalue weighted by atomic mass is 32.1. The third-order valence-electron chi connectivity index (χ3n) is 3.14. The summed E-state index contributed by atoms with van der Waals surface area (Å²) < 4.78 is 1.88. The van der Waals surface area contributed by atoms with Crippen molar-refractivity contribution < 1.29 is 9.90 Å². The molecule has 0 aliphatic carbocycles. The first-order chi connectivity index (χ1) is 8.09. The Morgan fingerprint density at radius 2 is 2.24 bits per heavy atom. The second-order valence-corrected chi connectivity index (χ2v) is 5.35. The van der Waals surface area contributed by atoms with E-state index in [1.165, 1.54) is 0 Å². The third-order valence-corrected chi connectivity index (χ3v) is 4.35. The maximum atomic E-state index is 12.0. The van der Waals surface area contributed by atoms with E-state index >= 15 is 0 Å². The highest BCUT2D eigenvalue weighted by Gasteiger charge is 2.28. The van der Waals surface area contributed by atoms with Crippen molar-refractivity contribution in [2.24, 2.45) is 0 Å². The number of aryl methyl sites for hydroxylation is 1. The number of fused-ring (bicyclic) bond motifs is 3. The van der Waals surface area contributed by atoms with Gasteiger partial charge in [-0.1, -0.05) is 0 Å². The molecule has 1 aliphatic rings. The van der Waals surface area contributed by atoms with Crippen LogP contribution in [0.2, 0.25) is 0 Å². The number of carbonyl (C=O) groups is 1. The van der Waals surface area contributed by atoms with Gasteiger partial charge in [0.1, 0.15) is 5.00 Å². The molecule has 0 aromatic carbocycles. The lowest BCUT2D eigenvalue weighted by molar-refractivity contribution is 0.0782. The SMILES string of the molecule is Cc1sc2c(c1C)C(=O)NC(O)c1cccn1-2. The van der Waals surface area contributed by atoms with Crippen molar-refractivity contribution in [3.63, 3.8) is 0 Å². The van der Waals surface area contributed by atoms with E-state index in [-0.39, 0.29) is 5.91 Å². The van der Waals surface area contributed by atoms with Crippen LogP contribution in [0.5, 0.6) is 0 Å². The van der Waals surface area contributed by atoms with Gasteiger partial charge in [0.25, 0.3) is 5.91 Å². The summed E-state index contributed by atoms with van der Waals surface area (Å²) in [4.78, 5) is 13.2. The number of aromatic nitrogens is 1. The standard InChI is InChI=1S/C12H12N2O2S/c1-6-7(2)17-12-9(6)11(16)13-10(15)8-4-3-5-14(8)12/h3-5,10,15H,1-2H3,(H,13,16). The molecule has 2 aromatic heterocycles. The molecule has 2 aromatic rings. The lowest BCUT2D eigenvalue weighted by atomic mass is 10.1. The van der Waals surface area contributed by atoms with Gasteiger partial charge in [-0.25, -0.2) is 0 Å². The van der Waals surface area contributed by atoms with Crippen LogP contribution in [0, 0.1) is 13.8 Å². The van der Waals surface area contributed by atoms with E-state index in [0.29, 0.717) is 11.3 Å². The number of nitrogens with one attached hydrogen (secondary N) is 1. The smallest absolute Gasteiger partial charge is 0.256 e. The van der Waals surface area contributed by atoms with Gasteiger partial charge in [-0.2, -0.15) is 0 Å². The zero-order valence-corrected chi connectivity index (χ0v) is 10.3. The summed E-state index contributed by atoms with van der Waals surface area (Å²) in [5.41, 5.74) is 2.34. The molecule has 0 saturated heterocycles. The van der Waals surface area contributed by atoms with Crippen LogP contribution in [0.1, 0.15) is 32.7 Å². The summed E-state index contributed by atoms with van der Waals surface area (Å²) in [6.45, 7) is 3.94. The molecule has 4 nitrogen and oxygen atoms in total.